The fraction of sp³-hybridized carbons (Fsp3) is 1.00. The highest BCUT2D eigenvalue weighted by Gasteiger charge is 2.31. The third-order valence-corrected chi connectivity index (χ3v) is 4.65. The van der Waals surface area contributed by atoms with E-state index >= 15 is 0 Å². The van der Waals surface area contributed by atoms with Crippen LogP contribution in [0.4, 0.5) is 0 Å². The van der Waals surface area contributed by atoms with Crippen LogP contribution in [0.25, 0.3) is 0 Å². The number of nitrogens with one attached hydrogen (secondary N) is 1. The van der Waals surface area contributed by atoms with Gasteiger partial charge in [-0.15, -0.1) is 0 Å². The summed E-state index contributed by atoms with van der Waals surface area (Å²) in [6, 6.07) is 0. The second-order valence-corrected chi connectivity index (χ2v) is 6.30. The van der Waals surface area contributed by atoms with Crippen molar-refractivity contribution in [1.29, 1.82) is 0 Å². The van der Waals surface area contributed by atoms with Crippen molar-refractivity contribution in [3.05, 3.63) is 0 Å². The van der Waals surface area contributed by atoms with E-state index in [1.807, 2.05) is 0 Å². The molecule has 1 nitrogen and oxygen atoms in total. The predicted octanol–water partition coefficient (Wildman–Crippen LogP) is 4.23. The lowest BCUT2D eigenvalue weighted by Gasteiger charge is -2.38. The SMILES string of the molecule is CCNCC(C)(CC1CCCCC1)C(C)C. The van der Waals surface area contributed by atoms with Crippen LogP contribution in [0.2, 0.25) is 0 Å². The molecule has 0 aliphatic heterocycles. The topological polar surface area (TPSA) is 12.0 Å². The van der Waals surface area contributed by atoms with Gasteiger partial charge in [0, 0.05) is 6.54 Å². The molecule has 0 aromatic heterocycles. The zero-order valence-corrected chi connectivity index (χ0v) is 11.8. The number of hydrogen-bond acceptors (Lipinski definition) is 1. The van der Waals surface area contributed by atoms with Gasteiger partial charge < -0.3 is 5.32 Å². The summed E-state index contributed by atoms with van der Waals surface area (Å²) < 4.78 is 0. The van der Waals surface area contributed by atoms with Crippen molar-refractivity contribution in [1.82, 2.24) is 5.32 Å². The Hall–Kier alpha value is -0.0400. The lowest BCUT2D eigenvalue weighted by atomic mass is 9.69. The minimum absolute atomic E-state index is 0.498. The molecule has 1 rings (SSSR count). The van der Waals surface area contributed by atoms with E-state index in [4.69, 9.17) is 0 Å². The largest absolute Gasteiger partial charge is 0.316 e. The molecule has 0 amide bonds. The van der Waals surface area contributed by atoms with Crippen LogP contribution in [0.5, 0.6) is 0 Å². The maximum Gasteiger partial charge on any atom is 0.000760 e. The van der Waals surface area contributed by atoms with Crippen molar-refractivity contribution in [2.75, 3.05) is 13.1 Å². The van der Waals surface area contributed by atoms with Crippen LogP contribution in [0.3, 0.4) is 0 Å². The highest BCUT2D eigenvalue weighted by Crippen LogP contribution is 2.38. The van der Waals surface area contributed by atoms with Gasteiger partial charge in [-0.05, 0) is 30.2 Å². The molecule has 0 saturated heterocycles. The summed E-state index contributed by atoms with van der Waals surface area (Å²) in [6.45, 7) is 11.8. The van der Waals surface area contributed by atoms with E-state index < -0.39 is 0 Å². The molecule has 0 heterocycles. The second kappa shape index (κ2) is 6.64. The van der Waals surface area contributed by atoms with Crippen LogP contribution in [0, 0.1) is 17.3 Å². The summed E-state index contributed by atoms with van der Waals surface area (Å²) in [6.07, 6.45) is 8.81. The van der Waals surface area contributed by atoms with Gasteiger partial charge in [-0.2, -0.15) is 0 Å². The molecule has 16 heavy (non-hydrogen) atoms. The molecule has 1 aliphatic rings. The summed E-state index contributed by atoms with van der Waals surface area (Å²) in [5.74, 6) is 1.79. The minimum Gasteiger partial charge on any atom is -0.316 e. The van der Waals surface area contributed by atoms with Gasteiger partial charge in [-0.3, -0.25) is 0 Å². The average molecular weight is 225 g/mol. The monoisotopic (exact) mass is 225 g/mol. The Morgan fingerprint density at radius 2 is 1.81 bits per heavy atom. The fourth-order valence-corrected chi connectivity index (χ4v) is 2.97. The molecule has 1 aliphatic carbocycles. The highest BCUT2D eigenvalue weighted by molar-refractivity contribution is 4.84. The van der Waals surface area contributed by atoms with E-state index in [9.17, 15) is 0 Å². The maximum absolute atomic E-state index is 3.56. The first-order chi connectivity index (χ1) is 7.58. The van der Waals surface area contributed by atoms with Gasteiger partial charge in [-0.1, -0.05) is 59.8 Å². The Morgan fingerprint density at radius 1 is 1.19 bits per heavy atom. The molecule has 1 saturated carbocycles. The highest BCUT2D eigenvalue weighted by atomic mass is 14.9. The third-order valence-electron chi connectivity index (χ3n) is 4.65. The van der Waals surface area contributed by atoms with E-state index in [1.165, 1.54) is 45.1 Å². The predicted molar refractivity (Wildman–Crippen MR) is 72.7 cm³/mol. The summed E-state index contributed by atoms with van der Waals surface area (Å²) in [5, 5.41) is 3.56. The van der Waals surface area contributed by atoms with E-state index in [1.54, 1.807) is 0 Å². The van der Waals surface area contributed by atoms with E-state index in [-0.39, 0.29) is 0 Å². The molecule has 1 N–H and O–H groups in total. The molecule has 1 unspecified atom stereocenters. The first kappa shape index (κ1) is 14.0. The minimum atomic E-state index is 0.498. The van der Waals surface area contributed by atoms with Crippen molar-refractivity contribution in [2.24, 2.45) is 17.3 Å². The number of rotatable bonds is 6. The molecule has 1 fully saturated rings. The summed E-state index contributed by atoms with van der Waals surface area (Å²) in [5.41, 5.74) is 0.498. The number of hydrogen-bond donors (Lipinski definition) is 1. The van der Waals surface area contributed by atoms with Gasteiger partial charge in [0.25, 0.3) is 0 Å². The van der Waals surface area contributed by atoms with Crippen LogP contribution >= 0.6 is 0 Å². The van der Waals surface area contributed by atoms with E-state index in [0.29, 0.717) is 5.41 Å². The Balaban J connectivity index is 2.48. The zero-order valence-electron chi connectivity index (χ0n) is 11.8. The van der Waals surface area contributed by atoms with E-state index in [2.05, 4.69) is 33.0 Å². The molecule has 1 heteroatoms. The quantitative estimate of drug-likeness (QED) is 0.713. The van der Waals surface area contributed by atoms with Gasteiger partial charge in [0.1, 0.15) is 0 Å². The lowest BCUT2D eigenvalue weighted by Crippen LogP contribution is -2.38. The maximum atomic E-state index is 3.56. The summed E-state index contributed by atoms with van der Waals surface area (Å²) in [7, 11) is 0. The molecule has 0 aromatic rings. The van der Waals surface area contributed by atoms with Gasteiger partial charge in [-0.25, -0.2) is 0 Å². The Kier molecular flexibility index (Phi) is 5.82. The molecule has 0 radical (unpaired) electrons. The van der Waals surface area contributed by atoms with Gasteiger partial charge in [0.05, 0.1) is 0 Å². The summed E-state index contributed by atoms with van der Waals surface area (Å²) >= 11 is 0. The molecular formula is C15H31N. The first-order valence-corrected chi connectivity index (χ1v) is 7.29. The van der Waals surface area contributed by atoms with Crippen LogP contribution < -0.4 is 5.32 Å². The molecule has 0 bridgehead atoms. The lowest BCUT2D eigenvalue weighted by molar-refractivity contribution is 0.139. The fourth-order valence-electron chi connectivity index (χ4n) is 2.97. The molecule has 1 atom stereocenters. The van der Waals surface area contributed by atoms with Crippen molar-refractivity contribution < 1.29 is 0 Å². The van der Waals surface area contributed by atoms with Crippen molar-refractivity contribution >= 4 is 0 Å². The van der Waals surface area contributed by atoms with Crippen LogP contribution in [-0.2, 0) is 0 Å². The molecule has 0 aromatic carbocycles. The zero-order chi connectivity index (χ0) is 12.0. The van der Waals surface area contributed by atoms with Gasteiger partial charge in [0.2, 0.25) is 0 Å². The van der Waals surface area contributed by atoms with Crippen molar-refractivity contribution in [3.63, 3.8) is 0 Å². The first-order valence-electron chi connectivity index (χ1n) is 7.29. The Labute approximate surface area is 102 Å². The van der Waals surface area contributed by atoms with Crippen LogP contribution in [0.1, 0.15) is 66.2 Å². The van der Waals surface area contributed by atoms with Crippen molar-refractivity contribution in [3.8, 4) is 0 Å². The Morgan fingerprint density at radius 3 is 2.31 bits per heavy atom. The smallest absolute Gasteiger partial charge is 0.000760 e. The van der Waals surface area contributed by atoms with E-state index in [0.717, 1.165) is 18.4 Å². The normalized spacial score (nSPS) is 22.3. The average Bonchev–Trinajstić information content (AvgIpc) is 2.27. The van der Waals surface area contributed by atoms with Gasteiger partial charge in [0.15, 0.2) is 0 Å². The standard InChI is InChI=1S/C15H31N/c1-5-16-12-15(4,13(2)3)11-14-9-7-6-8-10-14/h13-14,16H,5-12H2,1-4H3. The molecule has 96 valence electrons. The third kappa shape index (κ3) is 4.08. The molecule has 0 spiro atoms. The van der Waals surface area contributed by atoms with Crippen LogP contribution in [0.15, 0.2) is 0 Å². The molecular weight excluding hydrogens is 194 g/mol. The van der Waals surface area contributed by atoms with Crippen LogP contribution in [-0.4, -0.2) is 13.1 Å². The summed E-state index contributed by atoms with van der Waals surface area (Å²) in [4.78, 5) is 0. The Bertz CT molecular complexity index is 182. The van der Waals surface area contributed by atoms with Crippen molar-refractivity contribution in [2.45, 2.75) is 66.2 Å². The second-order valence-electron chi connectivity index (χ2n) is 6.30. The van der Waals surface area contributed by atoms with Gasteiger partial charge >= 0.3 is 0 Å².